The lowest BCUT2D eigenvalue weighted by atomic mass is 9.98. The minimum Gasteiger partial charge on any atom is -0.478 e. The molecule has 0 heterocycles. The van der Waals surface area contributed by atoms with Gasteiger partial charge in [0.05, 0.1) is 30.3 Å². The first-order chi connectivity index (χ1) is 10.5. The van der Waals surface area contributed by atoms with Gasteiger partial charge in [0, 0.05) is 24.7 Å². The van der Waals surface area contributed by atoms with Gasteiger partial charge in [-0.15, -0.1) is 0 Å². The van der Waals surface area contributed by atoms with E-state index < -0.39 is 10.9 Å². The summed E-state index contributed by atoms with van der Waals surface area (Å²) in [6.07, 6.45) is 0. The molecule has 0 aliphatic carbocycles. The van der Waals surface area contributed by atoms with Crippen LogP contribution in [0.2, 0.25) is 0 Å². The Balaban J connectivity index is 2.66. The van der Waals surface area contributed by atoms with Crippen molar-refractivity contribution in [2.75, 3.05) is 33.7 Å². The molecule has 1 aromatic carbocycles. The molecule has 0 aliphatic heterocycles. The first-order valence-electron chi connectivity index (χ1n) is 6.63. The van der Waals surface area contributed by atoms with Crippen LogP contribution in [-0.2, 0) is 14.2 Å². The number of carboxylic acids is 1. The topological polar surface area (TPSA) is 108 Å². The first-order valence-corrected chi connectivity index (χ1v) is 6.63. The van der Waals surface area contributed by atoms with Gasteiger partial charge in [0.1, 0.15) is 6.79 Å². The van der Waals surface area contributed by atoms with Gasteiger partial charge in [-0.05, 0) is 6.07 Å². The van der Waals surface area contributed by atoms with Gasteiger partial charge in [-0.25, -0.2) is 4.79 Å². The second-order valence-corrected chi connectivity index (χ2v) is 4.63. The molecule has 0 fully saturated rings. The van der Waals surface area contributed by atoms with Gasteiger partial charge < -0.3 is 19.3 Å². The molecule has 0 aromatic heterocycles. The van der Waals surface area contributed by atoms with Crippen LogP contribution in [0.1, 0.15) is 28.8 Å². The Kier molecular flexibility index (Phi) is 7.44. The molecule has 8 nitrogen and oxygen atoms in total. The molecule has 122 valence electrons. The average Bonchev–Trinajstić information content (AvgIpc) is 2.49. The zero-order chi connectivity index (χ0) is 16.5. The quantitative estimate of drug-likeness (QED) is 0.305. The molecule has 0 amide bonds. The zero-order valence-corrected chi connectivity index (χ0v) is 12.5. The lowest BCUT2D eigenvalue weighted by molar-refractivity contribution is -0.385. The summed E-state index contributed by atoms with van der Waals surface area (Å²) in [7, 11) is 1.56. The van der Waals surface area contributed by atoms with Crippen molar-refractivity contribution in [3.8, 4) is 0 Å². The molecular weight excluding hydrogens is 294 g/mol. The third-order valence-corrected chi connectivity index (χ3v) is 2.97. The fraction of sp³-hybridized carbons (Fsp3) is 0.500. The summed E-state index contributed by atoms with van der Waals surface area (Å²) in [6, 6.07) is 3.85. The maximum Gasteiger partial charge on any atom is 0.335 e. The maximum atomic E-state index is 11.1. The first kappa shape index (κ1) is 18.0. The standard InChI is InChI=1S/C14H19NO7/c1-10(8-22-9-21-6-5-20-2)12-4-3-11(14(16)17)7-13(12)15(18)19/h3-4,7,10H,5-6,8-9H2,1-2H3,(H,16,17). The van der Waals surface area contributed by atoms with Gasteiger partial charge >= 0.3 is 5.97 Å². The van der Waals surface area contributed by atoms with Crippen molar-refractivity contribution in [1.82, 2.24) is 0 Å². The largest absolute Gasteiger partial charge is 0.478 e. The molecule has 1 rings (SSSR count). The number of hydrogen-bond donors (Lipinski definition) is 1. The highest BCUT2D eigenvalue weighted by Gasteiger charge is 2.21. The monoisotopic (exact) mass is 313 g/mol. The van der Waals surface area contributed by atoms with E-state index in [9.17, 15) is 14.9 Å². The Morgan fingerprint density at radius 2 is 2.09 bits per heavy atom. The fourth-order valence-corrected chi connectivity index (χ4v) is 1.83. The van der Waals surface area contributed by atoms with Crippen LogP contribution >= 0.6 is 0 Å². The lowest BCUT2D eigenvalue weighted by Crippen LogP contribution is -2.11. The van der Waals surface area contributed by atoms with Crippen molar-refractivity contribution >= 4 is 11.7 Å². The fourth-order valence-electron chi connectivity index (χ4n) is 1.83. The molecule has 1 aromatic rings. The Morgan fingerprint density at radius 3 is 2.68 bits per heavy atom. The second-order valence-electron chi connectivity index (χ2n) is 4.63. The number of ether oxygens (including phenoxy) is 3. The van der Waals surface area contributed by atoms with E-state index in [4.69, 9.17) is 19.3 Å². The van der Waals surface area contributed by atoms with Crippen LogP contribution < -0.4 is 0 Å². The molecule has 1 unspecified atom stereocenters. The highest BCUT2D eigenvalue weighted by molar-refractivity contribution is 5.88. The van der Waals surface area contributed by atoms with E-state index in [1.807, 2.05) is 0 Å². The molecule has 0 bridgehead atoms. The lowest BCUT2D eigenvalue weighted by Gasteiger charge is -2.13. The van der Waals surface area contributed by atoms with Crippen LogP contribution in [0, 0.1) is 10.1 Å². The van der Waals surface area contributed by atoms with Gasteiger partial charge in [0.2, 0.25) is 0 Å². The minimum absolute atomic E-state index is 0.0642. The van der Waals surface area contributed by atoms with Gasteiger partial charge in [0.15, 0.2) is 0 Å². The average molecular weight is 313 g/mol. The highest BCUT2D eigenvalue weighted by atomic mass is 16.7. The van der Waals surface area contributed by atoms with Gasteiger partial charge in [-0.3, -0.25) is 10.1 Å². The van der Waals surface area contributed by atoms with Crippen LogP contribution in [-0.4, -0.2) is 49.7 Å². The van der Waals surface area contributed by atoms with Gasteiger partial charge in [-0.2, -0.15) is 0 Å². The summed E-state index contributed by atoms with van der Waals surface area (Å²) in [5.41, 5.74) is 0.0784. The normalized spacial score (nSPS) is 12.1. The van der Waals surface area contributed by atoms with E-state index in [-0.39, 0.29) is 30.6 Å². The van der Waals surface area contributed by atoms with Crippen molar-refractivity contribution in [2.24, 2.45) is 0 Å². The number of nitrogens with zero attached hydrogens (tertiary/aromatic N) is 1. The predicted octanol–water partition coefficient (Wildman–Crippen LogP) is 2.03. The van der Waals surface area contributed by atoms with Crippen molar-refractivity contribution in [2.45, 2.75) is 12.8 Å². The number of hydrogen-bond acceptors (Lipinski definition) is 6. The molecule has 1 N–H and O–H groups in total. The molecule has 8 heteroatoms. The van der Waals surface area contributed by atoms with E-state index in [0.29, 0.717) is 18.8 Å². The highest BCUT2D eigenvalue weighted by Crippen LogP contribution is 2.28. The number of benzene rings is 1. The van der Waals surface area contributed by atoms with Crippen molar-refractivity contribution in [3.05, 3.63) is 39.4 Å². The number of carboxylic acid groups (broad SMARTS) is 1. The van der Waals surface area contributed by atoms with E-state index >= 15 is 0 Å². The third kappa shape index (κ3) is 5.40. The van der Waals surface area contributed by atoms with E-state index in [1.54, 1.807) is 14.0 Å². The predicted molar refractivity (Wildman–Crippen MR) is 77.1 cm³/mol. The molecule has 1 atom stereocenters. The second kappa shape index (κ2) is 9.08. The number of nitro groups is 1. The summed E-state index contributed by atoms with van der Waals surface area (Å²) in [5.74, 6) is -1.47. The van der Waals surface area contributed by atoms with Crippen molar-refractivity contribution in [3.63, 3.8) is 0 Å². The van der Waals surface area contributed by atoms with Gasteiger partial charge in [-0.1, -0.05) is 13.0 Å². The summed E-state index contributed by atoms with van der Waals surface area (Å²) in [5, 5.41) is 20.0. The van der Waals surface area contributed by atoms with Crippen LogP contribution in [0.4, 0.5) is 5.69 Å². The molecule has 0 radical (unpaired) electrons. The smallest absolute Gasteiger partial charge is 0.335 e. The van der Waals surface area contributed by atoms with Crippen molar-refractivity contribution < 1.29 is 29.0 Å². The van der Waals surface area contributed by atoms with Crippen LogP contribution in [0.25, 0.3) is 0 Å². The van der Waals surface area contributed by atoms with Gasteiger partial charge in [0.25, 0.3) is 5.69 Å². The Morgan fingerprint density at radius 1 is 1.36 bits per heavy atom. The molecule has 0 saturated heterocycles. The maximum absolute atomic E-state index is 11.1. The summed E-state index contributed by atoms with van der Waals surface area (Å²) in [4.78, 5) is 21.4. The molecule has 22 heavy (non-hydrogen) atoms. The van der Waals surface area contributed by atoms with E-state index in [2.05, 4.69) is 0 Å². The van der Waals surface area contributed by atoms with E-state index in [1.165, 1.54) is 12.1 Å². The molecule has 0 saturated carbocycles. The third-order valence-electron chi connectivity index (χ3n) is 2.97. The Hall–Kier alpha value is -2.03. The number of methoxy groups -OCH3 is 1. The molecule has 0 aliphatic rings. The van der Waals surface area contributed by atoms with Crippen LogP contribution in [0.15, 0.2) is 18.2 Å². The summed E-state index contributed by atoms with van der Waals surface area (Å²) >= 11 is 0. The minimum atomic E-state index is -1.20. The number of aromatic carboxylic acids is 1. The Labute approximate surface area is 127 Å². The number of rotatable bonds is 10. The Bertz CT molecular complexity index is 518. The van der Waals surface area contributed by atoms with E-state index in [0.717, 1.165) is 6.07 Å². The van der Waals surface area contributed by atoms with Crippen LogP contribution in [0.3, 0.4) is 0 Å². The molecular formula is C14H19NO7. The summed E-state index contributed by atoms with van der Waals surface area (Å²) in [6.45, 7) is 2.91. The van der Waals surface area contributed by atoms with Crippen molar-refractivity contribution in [1.29, 1.82) is 0 Å². The summed E-state index contributed by atoms with van der Waals surface area (Å²) < 4.78 is 15.2. The number of nitro benzene ring substituents is 1. The number of carbonyl (C=O) groups is 1. The van der Waals surface area contributed by atoms with Crippen LogP contribution in [0.5, 0.6) is 0 Å². The zero-order valence-electron chi connectivity index (χ0n) is 12.5. The molecule has 0 spiro atoms. The SMILES string of the molecule is COCCOCOCC(C)c1ccc(C(=O)O)cc1[N+](=O)[O-].